The predicted molar refractivity (Wildman–Crippen MR) is 386 cm³/mol. The van der Waals surface area contributed by atoms with Crippen molar-refractivity contribution in [2.24, 2.45) is 11.8 Å². The van der Waals surface area contributed by atoms with Crippen molar-refractivity contribution in [3.63, 3.8) is 0 Å². The normalized spacial score (nSPS) is 19.1. The Bertz CT molecular complexity index is 3360. The van der Waals surface area contributed by atoms with Crippen LogP contribution >= 0.6 is 58.7 Å². The summed E-state index contributed by atoms with van der Waals surface area (Å²) in [6.07, 6.45) is -2.53. The van der Waals surface area contributed by atoms with Crippen LogP contribution in [-0.2, 0) is 33.1 Å². The van der Waals surface area contributed by atoms with E-state index in [1.165, 1.54) is 18.7 Å². The maximum absolute atomic E-state index is 12.8. The number of rotatable bonds is 11. The lowest BCUT2D eigenvalue weighted by molar-refractivity contribution is -0.143. The summed E-state index contributed by atoms with van der Waals surface area (Å²) in [6, 6.07) is 22.6. The van der Waals surface area contributed by atoms with Gasteiger partial charge in [-0.25, -0.2) is 24.5 Å². The number of ether oxygens (including phenoxy) is 3. The number of morpholine rings is 3. The van der Waals surface area contributed by atoms with Gasteiger partial charge in [-0.05, 0) is 194 Å². The number of likely N-dealkylation sites (tertiary alicyclic amines) is 2. The lowest BCUT2D eigenvalue weighted by Crippen LogP contribution is -2.41. The van der Waals surface area contributed by atoms with Crippen LogP contribution in [0.1, 0.15) is 85.3 Å². The fourth-order valence-electron chi connectivity index (χ4n) is 11.2. The number of hydrogen-bond donors (Lipinski definition) is 5. The van der Waals surface area contributed by atoms with Crippen molar-refractivity contribution >= 4 is 141 Å². The molecule has 0 bridgehead atoms. The number of nitrogen functional groups attached to an aromatic ring is 1. The smallest absolute Gasteiger partial charge is 0.399 e. The van der Waals surface area contributed by atoms with E-state index < -0.39 is 42.9 Å². The van der Waals surface area contributed by atoms with E-state index in [-0.39, 0.29) is 37.9 Å². The van der Waals surface area contributed by atoms with E-state index in [1.807, 2.05) is 107 Å². The summed E-state index contributed by atoms with van der Waals surface area (Å²) >= 11 is 4.47. The van der Waals surface area contributed by atoms with Gasteiger partial charge in [0, 0.05) is 104 Å². The van der Waals surface area contributed by atoms with Gasteiger partial charge in [-0.1, -0.05) is 31.0 Å². The minimum Gasteiger partial charge on any atom is -0.399 e. The van der Waals surface area contributed by atoms with Gasteiger partial charge < -0.3 is 75.0 Å². The molecule has 0 spiro atoms. The zero-order chi connectivity index (χ0) is 67.2. The molecule has 5 aromatic rings. The molecule has 2 aromatic carbocycles. The molecule has 6 fully saturated rings. The minimum atomic E-state index is -4.20. The Morgan fingerprint density at radius 3 is 1.50 bits per heavy atom. The van der Waals surface area contributed by atoms with Crippen LogP contribution in [0.3, 0.4) is 0 Å². The number of carbonyl (C=O) groups excluding carboxylic acids is 4. The van der Waals surface area contributed by atoms with Crippen LogP contribution in [0.15, 0.2) is 72.8 Å². The zero-order valence-corrected chi connectivity index (χ0v) is 60.3. The average Bonchev–Trinajstić information content (AvgIpc) is 1.60. The highest BCUT2D eigenvalue weighted by Crippen LogP contribution is 2.38. The number of nitrogens with two attached hydrogens (primary N) is 1. The monoisotopic (exact) mass is 1550 g/mol. The lowest BCUT2D eigenvalue weighted by atomic mass is 9.76. The van der Waals surface area contributed by atoms with E-state index in [9.17, 15) is 32.3 Å². The van der Waals surface area contributed by atoms with Crippen molar-refractivity contribution in [1.82, 2.24) is 24.8 Å². The van der Waals surface area contributed by atoms with Crippen LogP contribution in [0.5, 0.6) is 0 Å². The third kappa shape index (κ3) is 22.0. The minimum absolute atomic E-state index is 0. The fourth-order valence-corrected chi connectivity index (χ4v) is 12.4. The zero-order valence-electron chi connectivity index (χ0n) is 55.0. The van der Waals surface area contributed by atoms with Gasteiger partial charge in [0.2, 0.25) is 11.8 Å². The molecule has 0 unspecified atom stereocenters. The van der Waals surface area contributed by atoms with Gasteiger partial charge in [0.1, 0.15) is 34.9 Å². The van der Waals surface area contributed by atoms with E-state index in [1.54, 1.807) is 12.1 Å². The quantitative estimate of drug-likeness (QED) is 0.0610. The second-order valence-corrected chi connectivity index (χ2v) is 27.3. The lowest BCUT2D eigenvalue weighted by Gasteiger charge is -2.32. The number of pyridine rings is 3. The molecule has 11 rings (SSSR count). The molecule has 9 heterocycles. The molecule has 3 aromatic heterocycles. The highest BCUT2D eigenvalue weighted by Gasteiger charge is 2.52. The van der Waals surface area contributed by atoms with Crippen LogP contribution in [0.25, 0.3) is 11.1 Å². The molecule has 6 saturated heterocycles. The molecule has 6 amide bonds. The van der Waals surface area contributed by atoms with Crippen molar-refractivity contribution < 1.29 is 55.9 Å². The molecule has 6 N–H and O–H groups in total. The van der Waals surface area contributed by atoms with Crippen molar-refractivity contribution in [2.75, 3.05) is 147 Å². The number of aryl methyl sites for hydroxylation is 2. The van der Waals surface area contributed by atoms with Gasteiger partial charge in [0.15, 0.2) is 0 Å². The molecule has 512 valence electrons. The number of amides is 6. The number of alkyl halides is 3. The third-order valence-electron chi connectivity index (χ3n) is 17.1. The first-order valence-electron chi connectivity index (χ1n) is 31.5. The first-order valence-corrected chi connectivity index (χ1v) is 33.7. The molecule has 0 aliphatic carbocycles. The molecule has 6 aliphatic heterocycles. The second kappa shape index (κ2) is 34.3. The summed E-state index contributed by atoms with van der Waals surface area (Å²) in [5, 5.41) is 11.4. The van der Waals surface area contributed by atoms with Crippen LogP contribution < -0.4 is 47.2 Å². The number of nitrogens with one attached hydrogen (secondary N) is 4. The fraction of sp³-hybridized carbons (Fsp3) is 0.523. The summed E-state index contributed by atoms with van der Waals surface area (Å²) in [5.41, 5.74) is 10.8. The number of anilines is 8. The third-order valence-corrected chi connectivity index (χ3v) is 18.3. The summed E-state index contributed by atoms with van der Waals surface area (Å²) in [7, 11) is -0.556. The number of nitrogens with zero attached hydrogens (tertiary/aromatic N) is 8. The number of halogens is 5. The molecule has 6 aliphatic rings. The summed E-state index contributed by atoms with van der Waals surface area (Å²) < 4.78 is 68.2. The number of urea groups is 2. The first-order chi connectivity index (χ1) is 44.1. The highest BCUT2D eigenvalue weighted by atomic mass is 127. The van der Waals surface area contributed by atoms with Crippen LogP contribution in [0.2, 0.25) is 0 Å². The number of hydrogen-bond acceptors (Lipinski definition) is 16. The Labute approximate surface area is 584 Å². The Hall–Kier alpha value is -5.97. The van der Waals surface area contributed by atoms with Crippen LogP contribution in [0.4, 0.5) is 69.0 Å². The van der Waals surface area contributed by atoms with E-state index >= 15 is 0 Å². The average molecular weight is 1550 g/mol. The van der Waals surface area contributed by atoms with E-state index in [0.717, 1.165) is 150 Å². The van der Waals surface area contributed by atoms with Gasteiger partial charge in [0.25, 0.3) is 0 Å². The Balaban J connectivity index is 0.000000186. The predicted octanol–water partition coefficient (Wildman–Crippen LogP) is 10.9. The van der Waals surface area contributed by atoms with Gasteiger partial charge >= 0.3 is 25.4 Å². The summed E-state index contributed by atoms with van der Waals surface area (Å²) in [4.78, 5) is 71.3. The molecular formula is C65H89BF3I2N13O9S. The van der Waals surface area contributed by atoms with E-state index in [0.29, 0.717) is 55.2 Å². The molecule has 29 heteroatoms. The second-order valence-electron chi connectivity index (χ2n) is 24.8. The maximum atomic E-state index is 12.8. The SMILES string of the molecule is CC(=O)Nc1cc(I)cc(N2CCOCC2)n1.CC[C@@H]1CCN(C(=O)Nc2ccc(C)c(-c3cc(NC(C)=O)nc(N4CCOCC4)c3)c2)C1.Cc1ccc(NC(=O)N2CC[C@@H](CC(F)(F)F)C2)cc1B1OC(C)(C)C(C)(C)O1.Nc1cc(I)cc(N2CCOCC2)n1.S. The highest BCUT2D eigenvalue weighted by molar-refractivity contribution is 14.1. The number of benzene rings is 2. The molecular weight excluding hydrogens is 1460 g/mol. The van der Waals surface area contributed by atoms with E-state index in [4.69, 9.17) is 29.3 Å². The Morgan fingerprint density at radius 2 is 1.03 bits per heavy atom. The van der Waals surface area contributed by atoms with E-state index in [2.05, 4.69) is 103 Å². The standard InChI is InChI=1S/C25H33N5O3.C20H28BF3N2O3.C11H14IN3O2.C9H12IN3O.H2S/c1-4-19-7-8-30(16-19)25(32)27-21-6-5-17(2)22(15-21)20-13-23(26-18(3)31)28-24(14-20)29-9-11-33-12-10-29;1-13-6-7-15(10-16(13)21-28-18(2,3)19(4,5)29-21)25-17(27)26-9-8-14(12-26)11-20(22,23)24;1-8(16)13-10-6-9(12)7-11(14-10)15-2-4-17-5-3-15;10-7-5-8(11)12-9(6-7)13-1-3-14-4-2-13;/h5-6,13-15,19H,4,7-12,16H2,1-3H3,(H,27,32)(H,26,28,31);6-7,10,14H,8-9,11-12H2,1-5H3,(H,25,27);6-7H,2-5H2,1H3,(H,13,14,16);5-6H,1-4H2,(H2,11,12);1H2/t19-;14-;;;/m10.../s1. The van der Waals surface area contributed by atoms with Gasteiger partial charge in [-0.3, -0.25) is 9.59 Å². The number of carbonyl (C=O) groups is 4. The van der Waals surface area contributed by atoms with Gasteiger partial charge in [-0.2, -0.15) is 26.7 Å². The Kier molecular flexibility index (Phi) is 27.5. The Morgan fingerprint density at radius 1 is 0.596 bits per heavy atom. The first kappa shape index (κ1) is 75.4. The molecule has 22 nitrogen and oxygen atoms in total. The van der Waals surface area contributed by atoms with Crippen molar-refractivity contribution in [3.8, 4) is 11.1 Å². The molecule has 0 saturated carbocycles. The molecule has 0 radical (unpaired) electrons. The van der Waals surface area contributed by atoms with Gasteiger partial charge in [0.05, 0.1) is 50.8 Å². The van der Waals surface area contributed by atoms with Crippen LogP contribution in [0, 0.1) is 32.8 Å². The summed E-state index contributed by atoms with van der Waals surface area (Å²) in [6.45, 7) is 28.3. The van der Waals surface area contributed by atoms with Crippen molar-refractivity contribution in [1.29, 1.82) is 0 Å². The maximum Gasteiger partial charge on any atom is 0.495 e. The van der Waals surface area contributed by atoms with Crippen molar-refractivity contribution in [3.05, 3.63) is 91.1 Å². The largest absolute Gasteiger partial charge is 0.495 e. The molecule has 94 heavy (non-hydrogen) atoms. The summed E-state index contributed by atoms with van der Waals surface area (Å²) in [5.74, 6) is 4.12. The van der Waals surface area contributed by atoms with Crippen LogP contribution in [-0.4, -0.2) is 178 Å². The van der Waals surface area contributed by atoms with Gasteiger partial charge in [-0.15, -0.1) is 0 Å². The number of aromatic nitrogens is 3. The molecule has 2 atom stereocenters. The van der Waals surface area contributed by atoms with Crippen molar-refractivity contribution in [2.45, 2.75) is 105 Å². The topological polar surface area (TPSA) is 243 Å².